The van der Waals surface area contributed by atoms with Gasteiger partial charge in [-0.3, -0.25) is 4.79 Å². The third-order valence-corrected chi connectivity index (χ3v) is 5.53. The molecule has 1 aromatic heterocycles. The van der Waals surface area contributed by atoms with Crippen molar-refractivity contribution in [3.63, 3.8) is 0 Å². The van der Waals surface area contributed by atoms with Gasteiger partial charge >= 0.3 is 0 Å². The average Bonchev–Trinajstić information content (AvgIpc) is 3.09. The number of aromatic nitrogens is 2. The molecule has 0 fully saturated rings. The molecular weight excluding hydrogens is 526 g/mol. The van der Waals surface area contributed by atoms with Crippen molar-refractivity contribution in [1.29, 1.82) is 5.26 Å². The lowest BCUT2D eigenvalue weighted by Crippen LogP contribution is -2.15. The third-order valence-electron chi connectivity index (χ3n) is 4.41. The summed E-state index contributed by atoms with van der Waals surface area (Å²) in [4.78, 5) is 12.7. The zero-order chi connectivity index (χ0) is 22.5. The summed E-state index contributed by atoms with van der Waals surface area (Å²) in [5.41, 5.74) is 2.96. The first-order chi connectivity index (χ1) is 14.8. The normalized spacial score (nSPS) is 11.2. The second-order valence-electron chi connectivity index (χ2n) is 6.76. The van der Waals surface area contributed by atoms with Crippen molar-refractivity contribution in [2.45, 2.75) is 20.5 Å². The highest BCUT2D eigenvalue weighted by Gasteiger charge is 2.17. The molecule has 0 unspecified atom stereocenters. The van der Waals surface area contributed by atoms with Crippen molar-refractivity contribution >= 4 is 43.8 Å². The number of methoxy groups -OCH3 is 1. The average molecular weight is 545 g/mol. The topological polar surface area (TPSA) is 77.1 Å². The molecule has 0 saturated carbocycles. The Morgan fingerprint density at radius 1 is 1.19 bits per heavy atom. The summed E-state index contributed by atoms with van der Waals surface area (Å²) in [5, 5.41) is 13.7. The van der Waals surface area contributed by atoms with E-state index in [4.69, 9.17) is 9.47 Å². The van der Waals surface area contributed by atoms with E-state index < -0.39 is 5.91 Å². The standard InChI is InChI=1S/C23H19Br2N3O3/c1-14-8-15(2)28(27-14)23(29)18(12-26)9-17-10-20(25)22(21(11-17)30-3)31-13-16-4-6-19(24)7-5-16/h4-11H,13H2,1-3H3/b18-9+. The maximum atomic E-state index is 12.7. The van der Waals surface area contributed by atoms with Crippen LogP contribution in [0.1, 0.15) is 27.3 Å². The lowest BCUT2D eigenvalue weighted by molar-refractivity contribution is 0.0943. The highest BCUT2D eigenvalue weighted by atomic mass is 79.9. The van der Waals surface area contributed by atoms with Crippen LogP contribution in [0, 0.1) is 25.2 Å². The Bertz CT molecular complexity index is 1190. The van der Waals surface area contributed by atoms with E-state index in [9.17, 15) is 10.1 Å². The summed E-state index contributed by atoms with van der Waals surface area (Å²) >= 11 is 6.92. The Morgan fingerprint density at radius 2 is 1.90 bits per heavy atom. The maximum Gasteiger partial charge on any atom is 0.289 e. The van der Waals surface area contributed by atoms with Crippen molar-refractivity contribution in [3.05, 3.63) is 79.5 Å². The number of allylic oxidation sites excluding steroid dienone is 1. The van der Waals surface area contributed by atoms with Gasteiger partial charge in [-0.2, -0.15) is 10.4 Å². The van der Waals surface area contributed by atoms with E-state index in [0.29, 0.717) is 39.5 Å². The zero-order valence-electron chi connectivity index (χ0n) is 17.1. The number of carbonyl (C=O) groups is 1. The molecule has 0 radical (unpaired) electrons. The van der Waals surface area contributed by atoms with E-state index in [1.165, 1.54) is 17.9 Å². The van der Waals surface area contributed by atoms with Gasteiger partial charge in [-0.1, -0.05) is 28.1 Å². The van der Waals surface area contributed by atoms with Gasteiger partial charge in [0.2, 0.25) is 0 Å². The fourth-order valence-electron chi connectivity index (χ4n) is 2.96. The first-order valence-corrected chi connectivity index (χ1v) is 10.9. The molecule has 0 aliphatic rings. The van der Waals surface area contributed by atoms with E-state index in [-0.39, 0.29) is 5.57 Å². The van der Waals surface area contributed by atoms with Gasteiger partial charge < -0.3 is 9.47 Å². The fourth-order valence-corrected chi connectivity index (χ4v) is 3.79. The van der Waals surface area contributed by atoms with Gasteiger partial charge in [0.25, 0.3) is 5.91 Å². The monoisotopic (exact) mass is 543 g/mol. The van der Waals surface area contributed by atoms with Crippen LogP contribution in [0.25, 0.3) is 6.08 Å². The molecule has 0 bridgehead atoms. The largest absolute Gasteiger partial charge is 0.493 e. The number of nitrogens with zero attached hydrogens (tertiary/aromatic N) is 3. The Labute approximate surface area is 197 Å². The van der Waals surface area contributed by atoms with Crippen LogP contribution in [0.15, 0.2) is 57.0 Å². The highest BCUT2D eigenvalue weighted by molar-refractivity contribution is 9.10. The lowest BCUT2D eigenvalue weighted by atomic mass is 10.1. The van der Waals surface area contributed by atoms with E-state index in [0.717, 1.165) is 10.0 Å². The van der Waals surface area contributed by atoms with Crippen LogP contribution in [0.5, 0.6) is 11.5 Å². The predicted molar refractivity (Wildman–Crippen MR) is 125 cm³/mol. The second kappa shape index (κ2) is 9.94. The van der Waals surface area contributed by atoms with E-state index in [2.05, 4.69) is 37.0 Å². The van der Waals surface area contributed by atoms with Gasteiger partial charge in [-0.25, -0.2) is 4.68 Å². The van der Waals surface area contributed by atoms with Crippen LogP contribution in [0.4, 0.5) is 0 Å². The Balaban J connectivity index is 1.88. The number of hydrogen-bond acceptors (Lipinski definition) is 5. The van der Waals surface area contributed by atoms with Gasteiger partial charge in [0.1, 0.15) is 18.2 Å². The van der Waals surface area contributed by atoms with Crippen molar-refractivity contribution < 1.29 is 14.3 Å². The van der Waals surface area contributed by atoms with Crippen molar-refractivity contribution in [2.75, 3.05) is 7.11 Å². The maximum absolute atomic E-state index is 12.7. The summed E-state index contributed by atoms with van der Waals surface area (Å²) in [6.45, 7) is 3.92. The van der Waals surface area contributed by atoms with E-state index in [1.54, 1.807) is 32.0 Å². The molecule has 158 valence electrons. The number of nitriles is 1. The Morgan fingerprint density at radius 3 is 2.48 bits per heavy atom. The minimum atomic E-state index is -0.487. The summed E-state index contributed by atoms with van der Waals surface area (Å²) in [6, 6.07) is 15.1. The molecular formula is C23H19Br2N3O3. The second-order valence-corrected chi connectivity index (χ2v) is 8.53. The van der Waals surface area contributed by atoms with Crippen LogP contribution < -0.4 is 9.47 Å². The molecule has 2 aromatic carbocycles. The molecule has 0 aliphatic heterocycles. The predicted octanol–water partition coefficient (Wildman–Crippen LogP) is 5.86. The first kappa shape index (κ1) is 22.8. The van der Waals surface area contributed by atoms with Crippen molar-refractivity contribution in [1.82, 2.24) is 9.78 Å². The number of carbonyl (C=O) groups excluding carboxylic acids is 1. The Hall–Kier alpha value is -2.89. The smallest absolute Gasteiger partial charge is 0.289 e. The number of halogens is 2. The molecule has 0 N–H and O–H groups in total. The summed E-state index contributed by atoms with van der Waals surface area (Å²) in [5.74, 6) is 0.526. The lowest BCUT2D eigenvalue weighted by Gasteiger charge is -2.14. The Kier molecular flexibility index (Phi) is 7.31. The number of benzene rings is 2. The molecule has 0 atom stereocenters. The van der Waals surface area contributed by atoms with Crippen LogP contribution in [0.2, 0.25) is 0 Å². The number of aryl methyl sites for hydroxylation is 2. The van der Waals surface area contributed by atoms with Crippen molar-refractivity contribution in [3.8, 4) is 17.6 Å². The molecule has 1 heterocycles. The molecule has 0 spiro atoms. The van der Waals surface area contributed by atoms with Gasteiger partial charge in [-0.05, 0) is 77.3 Å². The summed E-state index contributed by atoms with van der Waals surface area (Å²) in [6.07, 6.45) is 1.50. The molecule has 0 aliphatic carbocycles. The third kappa shape index (κ3) is 5.43. The summed E-state index contributed by atoms with van der Waals surface area (Å²) < 4.78 is 14.3. The number of rotatable bonds is 6. The van der Waals surface area contributed by atoms with Crippen LogP contribution in [-0.2, 0) is 6.61 Å². The molecule has 6 nitrogen and oxygen atoms in total. The van der Waals surface area contributed by atoms with E-state index >= 15 is 0 Å². The van der Waals surface area contributed by atoms with Crippen LogP contribution in [-0.4, -0.2) is 22.8 Å². The first-order valence-electron chi connectivity index (χ1n) is 9.27. The SMILES string of the molecule is COc1cc(/C=C(\C#N)C(=O)n2nc(C)cc2C)cc(Br)c1OCc1ccc(Br)cc1. The molecule has 31 heavy (non-hydrogen) atoms. The van der Waals surface area contributed by atoms with Crippen LogP contribution in [0.3, 0.4) is 0 Å². The fraction of sp³-hybridized carbons (Fsp3) is 0.174. The number of ether oxygens (including phenoxy) is 2. The van der Waals surface area contributed by atoms with E-state index in [1.807, 2.05) is 30.3 Å². The molecule has 8 heteroatoms. The van der Waals surface area contributed by atoms with Gasteiger partial charge in [0.15, 0.2) is 11.5 Å². The van der Waals surface area contributed by atoms with Gasteiger partial charge in [-0.15, -0.1) is 0 Å². The van der Waals surface area contributed by atoms with Crippen molar-refractivity contribution in [2.24, 2.45) is 0 Å². The quantitative estimate of drug-likeness (QED) is 0.287. The summed E-state index contributed by atoms with van der Waals surface area (Å²) in [7, 11) is 1.54. The van der Waals surface area contributed by atoms with Gasteiger partial charge in [0, 0.05) is 10.2 Å². The number of hydrogen-bond donors (Lipinski definition) is 0. The molecule has 3 aromatic rings. The molecule has 3 rings (SSSR count). The zero-order valence-corrected chi connectivity index (χ0v) is 20.3. The van der Waals surface area contributed by atoms with Crippen LogP contribution >= 0.6 is 31.9 Å². The molecule has 0 amide bonds. The highest BCUT2D eigenvalue weighted by Crippen LogP contribution is 2.38. The molecule has 0 saturated heterocycles. The minimum Gasteiger partial charge on any atom is -0.493 e. The van der Waals surface area contributed by atoms with Gasteiger partial charge in [0.05, 0.1) is 17.3 Å². The minimum absolute atomic E-state index is 0.0383.